The molecule has 0 spiro atoms. The molecule has 2 N–H and O–H groups in total. The summed E-state index contributed by atoms with van der Waals surface area (Å²) < 4.78 is 5.37. The molecular formula is C12H9Cl2N3O3. The van der Waals surface area contributed by atoms with E-state index in [4.69, 9.17) is 33.7 Å². The van der Waals surface area contributed by atoms with E-state index >= 15 is 0 Å². The summed E-state index contributed by atoms with van der Waals surface area (Å²) in [4.78, 5) is 14.4. The van der Waals surface area contributed by atoms with Crippen LogP contribution < -0.4 is 10.5 Å². The summed E-state index contributed by atoms with van der Waals surface area (Å²) in [6.07, 6.45) is 1.53. The highest BCUT2D eigenvalue weighted by Gasteiger charge is 2.18. The summed E-state index contributed by atoms with van der Waals surface area (Å²) in [7, 11) is 0. The molecule has 0 saturated carbocycles. The van der Waals surface area contributed by atoms with E-state index in [9.17, 15) is 10.1 Å². The van der Waals surface area contributed by atoms with Crippen LogP contribution in [0.15, 0.2) is 30.5 Å². The third-order valence-corrected chi connectivity index (χ3v) is 3.14. The normalized spacial score (nSPS) is 10.3. The highest BCUT2D eigenvalue weighted by Crippen LogP contribution is 2.35. The SMILES string of the molecule is Nc1ccnc(COc2cc(Cl)c(Cl)cc2[N+](=O)[O-])c1. The summed E-state index contributed by atoms with van der Waals surface area (Å²) in [6.45, 7) is 0.0316. The zero-order valence-corrected chi connectivity index (χ0v) is 11.6. The van der Waals surface area contributed by atoms with Gasteiger partial charge in [0.1, 0.15) is 6.61 Å². The fourth-order valence-electron chi connectivity index (χ4n) is 1.50. The van der Waals surface area contributed by atoms with Gasteiger partial charge in [0, 0.05) is 24.0 Å². The molecule has 0 atom stereocenters. The Morgan fingerprint density at radius 1 is 1.30 bits per heavy atom. The highest BCUT2D eigenvalue weighted by atomic mass is 35.5. The van der Waals surface area contributed by atoms with E-state index in [0.29, 0.717) is 11.4 Å². The van der Waals surface area contributed by atoms with Crippen molar-refractivity contribution in [2.45, 2.75) is 6.61 Å². The van der Waals surface area contributed by atoms with Gasteiger partial charge in [-0.15, -0.1) is 0 Å². The number of benzene rings is 1. The summed E-state index contributed by atoms with van der Waals surface area (Å²) in [5.74, 6) is 0.0219. The van der Waals surface area contributed by atoms with Crippen LogP contribution in [-0.4, -0.2) is 9.91 Å². The van der Waals surface area contributed by atoms with Crippen molar-refractivity contribution < 1.29 is 9.66 Å². The van der Waals surface area contributed by atoms with Crippen molar-refractivity contribution in [2.75, 3.05) is 5.73 Å². The van der Waals surface area contributed by atoms with Gasteiger partial charge in [-0.25, -0.2) is 0 Å². The molecule has 6 nitrogen and oxygen atoms in total. The number of aromatic nitrogens is 1. The van der Waals surface area contributed by atoms with E-state index < -0.39 is 4.92 Å². The number of nitro benzene ring substituents is 1. The Morgan fingerprint density at radius 3 is 2.65 bits per heavy atom. The quantitative estimate of drug-likeness (QED) is 0.689. The maximum Gasteiger partial charge on any atom is 0.312 e. The van der Waals surface area contributed by atoms with Crippen LogP contribution in [0.5, 0.6) is 5.75 Å². The van der Waals surface area contributed by atoms with Gasteiger partial charge in [-0.05, 0) is 12.1 Å². The number of nitrogens with two attached hydrogens (primary N) is 1. The average molecular weight is 314 g/mol. The average Bonchev–Trinajstić information content (AvgIpc) is 2.39. The van der Waals surface area contributed by atoms with Crippen LogP contribution in [0, 0.1) is 10.1 Å². The predicted octanol–water partition coefficient (Wildman–Crippen LogP) is 3.46. The minimum absolute atomic E-state index is 0.0219. The van der Waals surface area contributed by atoms with E-state index in [1.807, 2.05) is 0 Å². The molecule has 1 heterocycles. The van der Waals surface area contributed by atoms with Crippen molar-refractivity contribution in [1.29, 1.82) is 0 Å². The molecule has 0 aliphatic heterocycles. The minimum Gasteiger partial charge on any atom is -0.480 e. The van der Waals surface area contributed by atoms with Crippen LogP contribution >= 0.6 is 23.2 Å². The molecule has 0 aliphatic carbocycles. The smallest absolute Gasteiger partial charge is 0.312 e. The number of nitrogens with zero attached hydrogens (tertiary/aromatic N) is 2. The van der Waals surface area contributed by atoms with Gasteiger partial charge in [0.25, 0.3) is 0 Å². The molecule has 8 heteroatoms. The van der Waals surface area contributed by atoms with E-state index in [1.54, 1.807) is 12.1 Å². The fourth-order valence-corrected chi connectivity index (χ4v) is 1.82. The molecule has 20 heavy (non-hydrogen) atoms. The Hall–Kier alpha value is -2.05. The predicted molar refractivity (Wildman–Crippen MR) is 76.1 cm³/mol. The lowest BCUT2D eigenvalue weighted by Crippen LogP contribution is -2.01. The largest absolute Gasteiger partial charge is 0.480 e. The molecule has 0 bridgehead atoms. The van der Waals surface area contributed by atoms with Gasteiger partial charge in [0.2, 0.25) is 0 Å². The zero-order chi connectivity index (χ0) is 14.7. The van der Waals surface area contributed by atoms with Crippen molar-refractivity contribution in [3.8, 4) is 5.75 Å². The third kappa shape index (κ3) is 3.28. The highest BCUT2D eigenvalue weighted by molar-refractivity contribution is 6.42. The molecule has 0 unspecified atom stereocenters. The second-order valence-electron chi connectivity index (χ2n) is 3.86. The van der Waals surface area contributed by atoms with E-state index in [0.717, 1.165) is 6.07 Å². The summed E-state index contributed by atoms with van der Waals surface area (Å²) in [5.41, 5.74) is 6.42. The number of halogens is 2. The summed E-state index contributed by atoms with van der Waals surface area (Å²) in [5, 5.41) is 11.2. The lowest BCUT2D eigenvalue weighted by Gasteiger charge is -2.08. The van der Waals surface area contributed by atoms with Gasteiger partial charge in [0.15, 0.2) is 5.75 Å². The maximum absolute atomic E-state index is 10.9. The number of nitrogen functional groups attached to an aromatic ring is 1. The molecule has 104 valence electrons. The summed E-state index contributed by atoms with van der Waals surface area (Å²) in [6, 6.07) is 5.69. The van der Waals surface area contributed by atoms with Crippen molar-refractivity contribution in [1.82, 2.24) is 4.98 Å². The minimum atomic E-state index is -0.593. The number of hydrogen-bond donors (Lipinski definition) is 1. The van der Waals surface area contributed by atoms with E-state index in [-0.39, 0.29) is 28.1 Å². The maximum atomic E-state index is 10.9. The summed E-state index contributed by atoms with van der Waals surface area (Å²) >= 11 is 11.6. The first-order valence-corrected chi connectivity index (χ1v) is 6.19. The number of rotatable bonds is 4. The van der Waals surface area contributed by atoms with Gasteiger partial charge >= 0.3 is 5.69 Å². The third-order valence-electron chi connectivity index (χ3n) is 2.41. The molecule has 0 radical (unpaired) electrons. The molecule has 0 aliphatic rings. The Bertz CT molecular complexity index is 664. The van der Waals surface area contributed by atoms with Gasteiger partial charge in [0.05, 0.1) is 20.7 Å². The fraction of sp³-hybridized carbons (Fsp3) is 0.0833. The first-order valence-electron chi connectivity index (χ1n) is 5.44. The second-order valence-corrected chi connectivity index (χ2v) is 4.67. The number of anilines is 1. The van der Waals surface area contributed by atoms with Crippen molar-refractivity contribution in [3.05, 3.63) is 56.3 Å². The zero-order valence-electron chi connectivity index (χ0n) is 10.0. The molecule has 0 amide bonds. The molecule has 0 saturated heterocycles. The Kier molecular flexibility index (Phi) is 4.26. The molecule has 1 aromatic carbocycles. The first kappa shape index (κ1) is 14.4. The van der Waals surface area contributed by atoms with Crippen LogP contribution in [0.4, 0.5) is 11.4 Å². The number of nitro groups is 1. The second kappa shape index (κ2) is 5.94. The standard InChI is InChI=1S/C12H9Cl2N3O3/c13-9-4-11(17(18)19)12(5-10(9)14)20-6-8-3-7(15)1-2-16-8/h1-5H,6H2,(H2,15,16). The molecular weight excluding hydrogens is 305 g/mol. The Morgan fingerprint density at radius 2 is 2.00 bits per heavy atom. The molecule has 2 rings (SSSR count). The number of pyridine rings is 1. The first-order chi connectivity index (χ1) is 9.47. The van der Waals surface area contributed by atoms with Crippen LogP contribution in [-0.2, 0) is 6.61 Å². The van der Waals surface area contributed by atoms with Crippen molar-refractivity contribution in [3.63, 3.8) is 0 Å². The molecule has 0 fully saturated rings. The molecule has 2 aromatic rings. The Labute approximate surface area is 124 Å². The van der Waals surface area contributed by atoms with Crippen LogP contribution in [0.2, 0.25) is 10.0 Å². The van der Waals surface area contributed by atoms with Crippen molar-refractivity contribution in [2.24, 2.45) is 0 Å². The number of ether oxygens (including phenoxy) is 1. The van der Waals surface area contributed by atoms with Crippen LogP contribution in [0.1, 0.15) is 5.69 Å². The van der Waals surface area contributed by atoms with E-state index in [2.05, 4.69) is 4.98 Å². The monoisotopic (exact) mass is 313 g/mol. The number of hydrogen-bond acceptors (Lipinski definition) is 5. The Balaban J connectivity index is 2.24. The van der Waals surface area contributed by atoms with E-state index in [1.165, 1.54) is 12.3 Å². The topological polar surface area (TPSA) is 91.3 Å². The van der Waals surface area contributed by atoms with Gasteiger partial charge in [-0.3, -0.25) is 15.1 Å². The lowest BCUT2D eigenvalue weighted by molar-refractivity contribution is -0.385. The van der Waals surface area contributed by atoms with Gasteiger partial charge < -0.3 is 10.5 Å². The van der Waals surface area contributed by atoms with Gasteiger partial charge in [-0.2, -0.15) is 0 Å². The lowest BCUT2D eigenvalue weighted by atomic mass is 10.3. The van der Waals surface area contributed by atoms with Crippen molar-refractivity contribution >= 4 is 34.6 Å². The van der Waals surface area contributed by atoms with Crippen LogP contribution in [0.25, 0.3) is 0 Å². The van der Waals surface area contributed by atoms with Crippen LogP contribution in [0.3, 0.4) is 0 Å². The van der Waals surface area contributed by atoms with Gasteiger partial charge in [-0.1, -0.05) is 23.2 Å². The molecule has 1 aromatic heterocycles.